The minimum Gasteiger partial charge on any atom is -0.377 e. The maximum atomic E-state index is 5.52. The summed E-state index contributed by atoms with van der Waals surface area (Å²) in [6.07, 6.45) is 0.333. The van der Waals surface area contributed by atoms with E-state index in [1.165, 1.54) is 0 Å². The lowest BCUT2D eigenvalue weighted by atomic mass is 10.1. The zero-order chi connectivity index (χ0) is 11.9. The molecule has 0 aromatic carbocycles. The van der Waals surface area contributed by atoms with Crippen molar-refractivity contribution in [3.63, 3.8) is 0 Å². The molecule has 0 bridgehead atoms. The average Bonchev–Trinajstić information content (AvgIpc) is 2.01. The second kappa shape index (κ2) is 7.20. The Labute approximate surface area is 95.2 Å². The molecule has 92 valence electrons. The van der Waals surface area contributed by atoms with Gasteiger partial charge in [0.15, 0.2) is 0 Å². The van der Waals surface area contributed by atoms with Crippen LogP contribution >= 0.6 is 0 Å². The van der Waals surface area contributed by atoms with Crippen molar-refractivity contribution >= 4 is 0 Å². The summed E-state index contributed by atoms with van der Waals surface area (Å²) in [4.78, 5) is 2.31. The summed E-state index contributed by atoms with van der Waals surface area (Å²) in [7, 11) is 2.14. The predicted molar refractivity (Wildman–Crippen MR) is 66.3 cm³/mol. The number of likely N-dealkylation sites (N-methyl/N-ethyl adjacent to an activating group) is 2. The Morgan fingerprint density at radius 1 is 1.33 bits per heavy atom. The fourth-order valence-electron chi connectivity index (χ4n) is 1.73. The summed E-state index contributed by atoms with van der Waals surface area (Å²) in [5.74, 6) is 0. The van der Waals surface area contributed by atoms with Gasteiger partial charge in [-0.05, 0) is 41.3 Å². The van der Waals surface area contributed by atoms with Gasteiger partial charge >= 0.3 is 0 Å². The van der Waals surface area contributed by atoms with Crippen molar-refractivity contribution < 1.29 is 4.74 Å². The predicted octanol–water partition coefficient (Wildman–Crippen LogP) is 1.73. The van der Waals surface area contributed by atoms with Crippen LogP contribution < -0.4 is 5.32 Å². The molecule has 0 radical (unpaired) electrons. The molecule has 0 aromatic heterocycles. The molecule has 0 fully saturated rings. The minimum absolute atomic E-state index is 0.182. The first-order chi connectivity index (χ1) is 6.87. The Kier molecular flexibility index (Phi) is 7.14. The molecule has 0 atom stereocenters. The van der Waals surface area contributed by atoms with Gasteiger partial charge in [-0.2, -0.15) is 0 Å². The topological polar surface area (TPSA) is 24.5 Å². The van der Waals surface area contributed by atoms with Crippen LogP contribution in [0.25, 0.3) is 0 Å². The van der Waals surface area contributed by atoms with Crippen molar-refractivity contribution in [3.05, 3.63) is 0 Å². The first-order valence-electron chi connectivity index (χ1n) is 5.92. The minimum atomic E-state index is 0.182. The number of ether oxygens (including phenoxy) is 1. The van der Waals surface area contributed by atoms with E-state index in [-0.39, 0.29) is 5.54 Å². The summed E-state index contributed by atoms with van der Waals surface area (Å²) < 4.78 is 5.52. The monoisotopic (exact) mass is 216 g/mol. The van der Waals surface area contributed by atoms with Crippen LogP contribution in [0.1, 0.15) is 34.6 Å². The van der Waals surface area contributed by atoms with Crippen LogP contribution in [-0.4, -0.2) is 49.8 Å². The van der Waals surface area contributed by atoms with E-state index in [4.69, 9.17) is 4.74 Å². The van der Waals surface area contributed by atoms with Gasteiger partial charge in [0.25, 0.3) is 0 Å². The highest BCUT2D eigenvalue weighted by Gasteiger charge is 2.17. The van der Waals surface area contributed by atoms with E-state index in [0.717, 1.165) is 26.2 Å². The summed E-state index contributed by atoms with van der Waals surface area (Å²) >= 11 is 0. The highest BCUT2D eigenvalue weighted by atomic mass is 16.5. The molecular weight excluding hydrogens is 188 g/mol. The van der Waals surface area contributed by atoms with E-state index < -0.39 is 0 Å². The second-order valence-electron chi connectivity index (χ2n) is 5.07. The quantitative estimate of drug-likeness (QED) is 0.669. The SMILES string of the molecule is CCNC(C)(C)CN(C)CCOC(C)C. The van der Waals surface area contributed by atoms with E-state index in [2.05, 4.69) is 51.9 Å². The third kappa shape index (κ3) is 8.85. The van der Waals surface area contributed by atoms with Gasteiger partial charge in [0.05, 0.1) is 12.7 Å². The van der Waals surface area contributed by atoms with Crippen molar-refractivity contribution in [2.24, 2.45) is 0 Å². The van der Waals surface area contributed by atoms with Crippen LogP contribution in [0.2, 0.25) is 0 Å². The van der Waals surface area contributed by atoms with E-state index >= 15 is 0 Å². The maximum Gasteiger partial charge on any atom is 0.0596 e. The van der Waals surface area contributed by atoms with Gasteiger partial charge in [-0.1, -0.05) is 6.92 Å². The fraction of sp³-hybridized carbons (Fsp3) is 1.00. The lowest BCUT2D eigenvalue weighted by Gasteiger charge is -2.31. The van der Waals surface area contributed by atoms with E-state index in [0.29, 0.717) is 6.10 Å². The van der Waals surface area contributed by atoms with Gasteiger partial charge in [0, 0.05) is 18.6 Å². The number of hydrogen-bond donors (Lipinski definition) is 1. The zero-order valence-electron chi connectivity index (χ0n) is 11.3. The van der Waals surface area contributed by atoms with Crippen LogP contribution in [0.3, 0.4) is 0 Å². The Morgan fingerprint density at radius 3 is 2.40 bits per heavy atom. The summed E-state index contributed by atoms with van der Waals surface area (Å²) in [5, 5.41) is 3.47. The van der Waals surface area contributed by atoms with E-state index in [1.54, 1.807) is 0 Å². The van der Waals surface area contributed by atoms with Gasteiger partial charge in [0.1, 0.15) is 0 Å². The van der Waals surface area contributed by atoms with Crippen molar-refractivity contribution in [1.29, 1.82) is 0 Å². The van der Waals surface area contributed by atoms with E-state index in [9.17, 15) is 0 Å². The molecule has 0 saturated heterocycles. The summed E-state index contributed by atoms with van der Waals surface area (Å²) in [5.41, 5.74) is 0.182. The Morgan fingerprint density at radius 2 is 1.93 bits per heavy atom. The van der Waals surface area contributed by atoms with Crippen molar-refractivity contribution in [3.8, 4) is 0 Å². The molecule has 0 aliphatic rings. The molecule has 3 nitrogen and oxygen atoms in total. The first kappa shape index (κ1) is 14.9. The third-order valence-corrected chi connectivity index (χ3v) is 2.24. The highest BCUT2D eigenvalue weighted by molar-refractivity contribution is 4.79. The lowest BCUT2D eigenvalue weighted by molar-refractivity contribution is 0.0598. The Bertz CT molecular complexity index is 158. The molecule has 0 spiro atoms. The van der Waals surface area contributed by atoms with Crippen LogP contribution in [0.5, 0.6) is 0 Å². The molecule has 0 aliphatic heterocycles. The summed E-state index contributed by atoms with van der Waals surface area (Å²) in [6.45, 7) is 14.6. The fourth-order valence-corrected chi connectivity index (χ4v) is 1.73. The first-order valence-corrected chi connectivity index (χ1v) is 5.92. The van der Waals surface area contributed by atoms with Crippen LogP contribution in [0.4, 0.5) is 0 Å². The van der Waals surface area contributed by atoms with Crippen molar-refractivity contribution in [2.45, 2.75) is 46.3 Å². The lowest BCUT2D eigenvalue weighted by Crippen LogP contribution is -2.48. The molecule has 0 rings (SSSR count). The molecule has 3 heteroatoms. The molecule has 0 amide bonds. The molecule has 0 unspecified atom stereocenters. The molecule has 15 heavy (non-hydrogen) atoms. The standard InChI is InChI=1S/C12H28N2O/c1-7-13-12(4,5)10-14(6)8-9-15-11(2)3/h11,13H,7-10H2,1-6H3. The van der Waals surface area contributed by atoms with Gasteiger partial charge in [-0.3, -0.25) is 0 Å². The Balaban J connectivity index is 3.67. The second-order valence-corrected chi connectivity index (χ2v) is 5.07. The third-order valence-electron chi connectivity index (χ3n) is 2.24. The van der Waals surface area contributed by atoms with Gasteiger partial charge in [0.2, 0.25) is 0 Å². The van der Waals surface area contributed by atoms with Gasteiger partial charge in [-0.15, -0.1) is 0 Å². The number of rotatable bonds is 8. The molecule has 0 saturated carbocycles. The van der Waals surface area contributed by atoms with Crippen molar-refractivity contribution in [2.75, 3.05) is 33.3 Å². The average molecular weight is 216 g/mol. The molecular formula is C12H28N2O. The number of nitrogens with zero attached hydrogens (tertiary/aromatic N) is 1. The van der Waals surface area contributed by atoms with Gasteiger partial charge < -0.3 is 15.0 Å². The molecule has 0 aliphatic carbocycles. The Hall–Kier alpha value is -0.120. The highest BCUT2D eigenvalue weighted by Crippen LogP contribution is 2.03. The summed E-state index contributed by atoms with van der Waals surface area (Å²) in [6, 6.07) is 0. The van der Waals surface area contributed by atoms with Crippen molar-refractivity contribution in [1.82, 2.24) is 10.2 Å². The molecule has 0 aromatic rings. The van der Waals surface area contributed by atoms with E-state index in [1.807, 2.05) is 0 Å². The molecule has 1 N–H and O–H groups in total. The largest absolute Gasteiger partial charge is 0.377 e. The normalized spacial score (nSPS) is 12.8. The van der Waals surface area contributed by atoms with Gasteiger partial charge in [-0.25, -0.2) is 0 Å². The maximum absolute atomic E-state index is 5.52. The molecule has 0 heterocycles. The smallest absolute Gasteiger partial charge is 0.0596 e. The zero-order valence-corrected chi connectivity index (χ0v) is 11.3. The van der Waals surface area contributed by atoms with Crippen LogP contribution in [0.15, 0.2) is 0 Å². The van der Waals surface area contributed by atoms with Crippen LogP contribution in [-0.2, 0) is 4.74 Å². The number of hydrogen-bond acceptors (Lipinski definition) is 3. The van der Waals surface area contributed by atoms with Crippen LogP contribution in [0, 0.1) is 0 Å². The number of nitrogens with one attached hydrogen (secondary N) is 1.